The highest BCUT2D eigenvalue weighted by Crippen LogP contribution is 2.45. The second-order valence-electron chi connectivity index (χ2n) is 5.30. The van der Waals surface area contributed by atoms with E-state index in [1.807, 2.05) is 0 Å². The minimum atomic E-state index is -1.40. The highest BCUT2D eigenvalue weighted by atomic mass is 16.5. The van der Waals surface area contributed by atoms with Gasteiger partial charge in [0.2, 0.25) is 11.8 Å². The molecule has 0 saturated heterocycles. The maximum absolute atomic E-state index is 11.8. The Labute approximate surface area is 132 Å². The van der Waals surface area contributed by atoms with E-state index < -0.39 is 17.4 Å². The van der Waals surface area contributed by atoms with Crippen LogP contribution in [0.4, 0.5) is 0 Å². The molecule has 1 aliphatic rings. The molecule has 0 spiro atoms. The average molecular weight is 319 g/mol. The standard InChI is InChI=1S/C16H17NO6/c1-16(15(20)21)8-9(14(18)19)4-6-11(16)10-5-7-12(22-2)17-13(10)23-3/h4-7H,8H2,1-3H3,(H,18,19)(H,20,21). The second kappa shape index (κ2) is 6.12. The molecule has 0 aliphatic heterocycles. The third kappa shape index (κ3) is 2.90. The van der Waals surface area contributed by atoms with Crippen LogP contribution in [-0.2, 0) is 9.59 Å². The Hall–Kier alpha value is -2.83. The summed E-state index contributed by atoms with van der Waals surface area (Å²) in [6, 6.07) is 3.24. The molecule has 1 aliphatic carbocycles. The lowest BCUT2D eigenvalue weighted by molar-refractivity contribution is -0.144. The molecule has 0 fully saturated rings. The summed E-state index contributed by atoms with van der Waals surface area (Å²) in [7, 11) is 2.88. The molecule has 1 heterocycles. The summed E-state index contributed by atoms with van der Waals surface area (Å²) in [5, 5.41) is 18.8. The van der Waals surface area contributed by atoms with Crippen LogP contribution in [0.25, 0.3) is 5.57 Å². The molecular formula is C16H17NO6. The maximum atomic E-state index is 11.8. The van der Waals surface area contributed by atoms with E-state index in [1.165, 1.54) is 33.3 Å². The van der Waals surface area contributed by atoms with Crippen molar-refractivity contribution in [2.45, 2.75) is 13.3 Å². The van der Waals surface area contributed by atoms with Gasteiger partial charge in [-0.05, 0) is 25.0 Å². The van der Waals surface area contributed by atoms with Gasteiger partial charge in [0.1, 0.15) is 0 Å². The van der Waals surface area contributed by atoms with E-state index in [1.54, 1.807) is 12.1 Å². The molecule has 0 amide bonds. The molecule has 1 aromatic rings. The van der Waals surface area contributed by atoms with Crippen molar-refractivity contribution in [3.63, 3.8) is 0 Å². The molecule has 0 radical (unpaired) electrons. The Morgan fingerprint density at radius 3 is 2.39 bits per heavy atom. The highest BCUT2D eigenvalue weighted by molar-refractivity contribution is 5.98. The van der Waals surface area contributed by atoms with Crippen LogP contribution in [-0.4, -0.2) is 41.4 Å². The van der Waals surface area contributed by atoms with Crippen molar-refractivity contribution >= 4 is 17.5 Å². The Bertz CT molecular complexity index is 721. The smallest absolute Gasteiger partial charge is 0.331 e. The van der Waals surface area contributed by atoms with E-state index in [-0.39, 0.29) is 17.9 Å². The number of ether oxygens (including phenoxy) is 2. The first-order chi connectivity index (χ1) is 10.8. The molecule has 122 valence electrons. The molecule has 7 nitrogen and oxygen atoms in total. The number of methoxy groups -OCH3 is 2. The van der Waals surface area contributed by atoms with Gasteiger partial charge in [-0.25, -0.2) is 4.79 Å². The average Bonchev–Trinajstić information content (AvgIpc) is 2.54. The van der Waals surface area contributed by atoms with E-state index in [9.17, 15) is 14.7 Å². The van der Waals surface area contributed by atoms with E-state index in [0.29, 0.717) is 17.0 Å². The lowest BCUT2D eigenvalue weighted by Crippen LogP contribution is -2.32. The molecule has 1 aromatic heterocycles. The van der Waals surface area contributed by atoms with E-state index in [0.717, 1.165) is 0 Å². The number of carboxylic acids is 2. The molecule has 2 N–H and O–H groups in total. The first-order valence-corrected chi connectivity index (χ1v) is 6.81. The van der Waals surface area contributed by atoms with Crippen LogP contribution in [0.2, 0.25) is 0 Å². The van der Waals surface area contributed by atoms with E-state index >= 15 is 0 Å². The summed E-state index contributed by atoms with van der Waals surface area (Å²) < 4.78 is 10.3. The van der Waals surface area contributed by atoms with Gasteiger partial charge in [-0.2, -0.15) is 4.98 Å². The number of aliphatic carboxylic acids is 2. The Kier molecular flexibility index (Phi) is 4.40. The third-order valence-corrected chi connectivity index (χ3v) is 3.86. The molecule has 0 aromatic carbocycles. The molecule has 0 saturated carbocycles. The lowest BCUT2D eigenvalue weighted by atomic mass is 9.71. The van der Waals surface area contributed by atoms with Crippen LogP contribution in [0.5, 0.6) is 11.8 Å². The number of nitrogens with zero attached hydrogens (tertiary/aromatic N) is 1. The summed E-state index contributed by atoms with van der Waals surface area (Å²) in [6.45, 7) is 1.49. The number of carbonyl (C=O) groups is 2. The first kappa shape index (κ1) is 16.5. The lowest BCUT2D eigenvalue weighted by Gasteiger charge is -2.31. The van der Waals surface area contributed by atoms with Gasteiger partial charge in [-0.15, -0.1) is 0 Å². The quantitative estimate of drug-likeness (QED) is 0.854. The minimum Gasteiger partial charge on any atom is -0.481 e. The number of aromatic nitrogens is 1. The Morgan fingerprint density at radius 2 is 1.87 bits per heavy atom. The van der Waals surface area contributed by atoms with Gasteiger partial charge in [0.25, 0.3) is 0 Å². The van der Waals surface area contributed by atoms with Gasteiger partial charge in [0.15, 0.2) is 0 Å². The predicted molar refractivity (Wildman–Crippen MR) is 81.4 cm³/mol. The number of pyridine rings is 1. The van der Waals surface area contributed by atoms with Crippen molar-refractivity contribution in [2.75, 3.05) is 14.2 Å². The van der Waals surface area contributed by atoms with Crippen molar-refractivity contribution in [3.8, 4) is 11.8 Å². The molecule has 7 heteroatoms. The van der Waals surface area contributed by atoms with Gasteiger partial charge in [-0.1, -0.05) is 12.2 Å². The fraction of sp³-hybridized carbons (Fsp3) is 0.312. The first-order valence-electron chi connectivity index (χ1n) is 6.81. The summed E-state index contributed by atoms with van der Waals surface area (Å²) in [5.74, 6) is -1.70. The van der Waals surface area contributed by atoms with Gasteiger partial charge >= 0.3 is 11.9 Å². The maximum Gasteiger partial charge on any atom is 0.331 e. The van der Waals surface area contributed by atoms with Crippen molar-refractivity contribution < 1.29 is 29.3 Å². The van der Waals surface area contributed by atoms with Gasteiger partial charge in [0, 0.05) is 17.2 Å². The molecule has 1 unspecified atom stereocenters. The monoisotopic (exact) mass is 319 g/mol. The van der Waals surface area contributed by atoms with Crippen LogP contribution >= 0.6 is 0 Å². The number of allylic oxidation sites excluding steroid dienone is 2. The van der Waals surface area contributed by atoms with Crippen LogP contribution in [0.1, 0.15) is 18.9 Å². The van der Waals surface area contributed by atoms with Crippen molar-refractivity contribution in [1.29, 1.82) is 0 Å². The number of hydrogen-bond acceptors (Lipinski definition) is 5. The van der Waals surface area contributed by atoms with Crippen LogP contribution in [0.15, 0.2) is 29.9 Å². The SMILES string of the molecule is COc1ccc(C2=CC=C(C(=O)O)CC2(C)C(=O)O)c(OC)n1. The topological polar surface area (TPSA) is 106 Å². The fourth-order valence-electron chi connectivity index (χ4n) is 2.53. The zero-order valence-corrected chi connectivity index (χ0v) is 13.0. The second-order valence-corrected chi connectivity index (χ2v) is 5.30. The Balaban J connectivity index is 2.63. The van der Waals surface area contributed by atoms with E-state index in [2.05, 4.69) is 4.98 Å². The van der Waals surface area contributed by atoms with Gasteiger partial charge in [-0.3, -0.25) is 4.79 Å². The Morgan fingerprint density at radius 1 is 1.17 bits per heavy atom. The predicted octanol–water partition coefficient (Wildman–Crippen LogP) is 1.99. The van der Waals surface area contributed by atoms with Crippen LogP contribution in [0, 0.1) is 5.41 Å². The minimum absolute atomic E-state index is 0.0408. The summed E-state index contributed by atoms with van der Waals surface area (Å²) in [5.41, 5.74) is -0.438. The third-order valence-electron chi connectivity index (χ3n) is 3.86. The number of hydrogen-bond donors (Lipinski definition) is 2. The van der Waals surface area contributed by atoms with E-state index in [4.69, 9.17) is 14.6 Å². The van der Waals surface area contributed by atoms with Crippen molar-refractivity contribution in [1.82, 2.24) is 4.98 Å². The summed E-state index contributed by atoms with van der Waals surface area (Å²) in [6.07, 6.45) is 2.78. The molecule has 1 atom stereocenters. The molecule has 0 bridgehead atoms. The molecule has 2 rings (SSSR count). The van der Waals surface area contributed by atoms with Crippen molar-refractivity contribution in [3.05, 3.63) is 35.4 Å². The zero-order valence-electron chi connectivity index (χ0n) is 13.0. The van der Waals surface area contributed by atoms with Crippen LogP contribution in [0.3, 0.4) is 0 Å². The van der Waals surface area contributed by atoms with Crippen molar-refractivity contribution in [2.24, 2.45) is 5.41 Å². The highest BCUT2D eigenvalue weighted by Gasteiger charge is 2.42. The zero-order chi connectivity index (χ0) is 17.2. The largest absolute Gasteiger partial charge is 0.481 e. The fourth-order valence-corrected chi connectivity index (χ4v) is 2.53. The summed E-state index contributed by atoms with van der Waals surface area (Å²) >= 11 is 0. The van der Waals surface area contributed by atoms with Crippen LogP contribution < -0.4 is 9.47 Å². The van der Waals surface area contributed by atoms with Gasteiger partial charge < -0.3 is 19.7 Å². The molecular weight excluding hydrogens is 302 g/mol. The van der Waals surface area contributed by atoms with Gasteiger partial charge in [0.05, 0.1) is 19.6 Å². The normalized spacial score (nSPS) is 20.3. The number of rotatable bonds is 5. The number of carboxylic acid groups (broad SMARTS) is 2. The summed E-state index contributed by atoms with van der Waals surface area (Å²) in [4.78, 5) is 27.1. The molecule has 23 heavy (non-hydrogen) atoms.